The monoisotopic (exact) mass is 605 g/mol. The van der Waals surface area contributed by atoms with Gasteiger partial charge in [0.1, 0.15) is 0 Å². The Morgan fingerprint density at radius 1 is 1.00 bits per heavy atom. The van der Waals surface area contributed by atoms with Crippen molar-refractivity contribution in [3.05, 3.63) is 123 Å². The van der Waals surface area contributed by atoms with Crippen LogP contribution in [0.5, 0.6) is 0 Å². The zero-order valence-corrected chi connectivity index (χ0v) is 24.1. The van der Waals surface area contributed by atoms with E-state index < -0.39 is 20.9 Å². The molecule has 0 unspecified atom stereocenters. The fourth-order valence-corrected chi connectivity index (χ4v) is 6.17. The zero-order valence-electron chi connectivity index (χ0n) is 22.5. The SMILES string of the molecule is O=C(NS(=O)(=O)c1ccc([N+](=O)[O-])cc1)c1cnc(N2CCC(Cc3ccccc3)CC2)nc1Cc1cccc(Cl)c1. The van der Waals surface area contributed by atoms with Crippen molar-refractivity contribution in [3.8, 4) is 0 Å². The maximum atomic E-state index is 13.3. The summed E-state index contributed by atoms with van der Waals surface area (Å²) in [6, 6.07) is 21.8. The number of piperidine rings is 1. The molecule has 0 bridgehead atoms. The number of nitro groups is 1. The number of amides is 1. The van der Waals surface area contributed by atoms with Gasteiger partial charge in [0.05, 0.1) is 21.1 Å². The molecule has 0 saturated carbocycles. The molecule has 12 heteroatoms. The van der Waals surface area contributed by atoms with Gasteiger partial charge in [0.2, 0.25) is 5.95 Å². The minimum atomic E-state index is -4.32. The van der Waals surface area contributed by atoms with E-state index in [9.17, 15) is 23.3 Å². The first-order chi connectivity index (χ1) is 20.2. The highest BCUT2D eigenvalue weighted by molar-refractivity contribution is 7.90. The molecule has 10 nitrogen and oxygen atoms in total. The average molecular weight is 606 g/mol. The molecule has 0 atom stereocenters. The number of carbonyl (C=O) groups excluding carboxylic acids is 1. The molecule has 5 rings (SSSR count). The van der Waals surface area contributed by atoms with Gasteiger partial charge in [-0.15, -0.1) is 0 Å². The van der Waals surface area contributed by atoms with E-state index in [1.54, 1.807) is 18.2 Å². The van der Waals surface area contributed by atoms with E-state index in [4.69, 9.17) is 16.6 Å². The van der Waals surface area contributed by atoms with Crippen molar-refractivity contribution < 1.29 is 18.1 Å². The minimum Gasteiger partial charge on any atom is -0.341 e. The van der Waals surface area contributed by atoms with Crippen LogP contribution in [0.2, 0.25) is 5.02 Å². The number of non-ortho nitro benzene ring substituents is 1. The van der Waals surface area contributed by atoms with Crippen molar-refractivity contribution in [1.82, 2.24) is 14.7 Å². The molecule has 0 aliphatic carbocycles. The van der Waals surface area contributed by atoms with Gasteiger partial charge in [0, 0.05) is 42.9 Å². The Bertz CT molecular complexity index is 1690. The van der Waals surface area contributed by atoms with Crippen molar-refractivity contribution in [2.24, 2.45) is 5.92 Å². The van der Waals surface area contributed by atoms with Crippen LogP contribution in [0.15, 0.2) is 90.0 Å². The van der Waals surface area contributed by atoms with Gasteiger partial charge in [0.15, 0.2) is 0 Å². The van der Waals surface area contributed by atoms with Crippen LogP contribution in [0.4, 0.5) is 11.6 Å². The van der Waals surface area contributed by atoms with Gasteiger partial charge in [-0.25, -0.2) is 23.1 Å². The summed E-state index contributed by atoms with van der Waals surface area (Å²) >= 11 is 6.18. The lowest BCUT2D eigenvalue weighted by Crippen LogP contribution is -2.36. The number of halogens is 1. The van der Waals surface area contributed by atoms with E-state index in [0.717, 1.165) is 62.2 Å². The molecule has 1 saturated heterocycles. The van der Waals surface area contributed by atoms with Gasteiger partial charge in [-0.05, 0) is 60.6 Å². The molecule has 1 aliphatic rings. The smallest absolute Gasteiger partial charge is 0.269 e. The van der Waals surface area contributed by atoms with Crippen molar-refractivity contribution in [1.29, 1.82) is 0 Å². The first-order valence-corrected chi connectivity index (χ1v) is 15.2. The van der Waals surface area contributed by atoms with Gasteiger partial charge < -0.3 is 4.90 Å². The minimum absolute atomic E-state index is 0.00294. The zero-order chi connectivity index (χ0) is 29.7. The number of nitro benzene ring substituents is 1. The molecule has 0 spiro atoms. The second-order valence-corrected chi connectivity index (χ2v) is 12.3. The third-order valence-electron chi connectivity index (χ3n) is 7.21. The second kappa shape index (κ2) is 12.7. The molecule has 42 heavy (non-hydrogen) atoms. The van der Waals surface area contributed by atoms with Crippen LogP contribution >= 0.6 is 11.6 Å². The van der Waals surface area contributed by atoms with Crippen LogP contribution in [0, 0.1) is 16.0 Å². The summed E-state index contributed by atoms with van der Waals surface area (Å²) in [6.45, 7) is 1.52. The summed E-state index contributed by atoms with van der Waals surface area (Å²) in [4.78, 5) is 34.5. The van der Waals surface area contributed by atoms with Crippen LogP contribution in [-0.2, 0) is 22.9 Å². The number of nitrogens with zero attached hydrogens (tertiary/aromatic N) is 4. The molecular weight excluding hydrogens is 578 g/mol. The van der Waals surface area contributed by atoms with Crippen molar-refractivity contribution in [2.45, 2.75) is 30.6 Å². The van der Waals surface area contributed by atoms with E-state index in [0.29, 0.717) is 22.6 Å². The molecule has 1 N–H and O–H groups in total. The van der Waals surface area contributed by atoms with Crippen LogP contribution in [0.1, 0.15) is 40.0 Å². The number of aromatic nitrogens is 2. The Balaban J connectivity index is 1.36. The van der Waals surface area contributed by atoms with E-state index in [1.807, 2.05) is 16.9 Å². The predicted molar refractivity (Wildman–Crippen MR) is 159 cm³/mol. The van der Waals surface area contributed by atoms with Crippen LogP contribution in [-0.4, -0.2) is 42.3 Å². The van der Waals surface area contributed by atoms with Crippen molar-refractivity contribution >= 4 is 39.2 Å². The first-order valence-electron chi connectivity index (χ1n) is 13.4. The molecule has 0 radical (unpaired) electrons. The highest BCUT2D eigenvalue weighted by atomic mass is 35.5. The highest BCUT2D eigenvalue weighted by Gasteiger charge is 2.26. The number of sulfonamides is 1. The Labute approximate surface area is 248 Å². The largest absolute Gasteiger partial charge is 0.341 e. The molecule has 1 aliphatic heterocycles. The van der Waals surface area contributed by atoms with Crippen LogP contribution in [0.3, 0.4) is 0 Å². The Morgan fingerprint density at radius 3 is 2.36 bits per heavy atom. The Morgan fingerprint density at radius 2 is 1.69 bits per heavy atom. The number of hydrogen-bond donors (Lipinski definition) is 1. The third kappa shape index (κ3) is 7.10. The molecule has 216 valence electrons. The number of benzene rings is 3. The lowest BCUT2D eigenvalue weighted by atomic mass is 9.90. The van der Waals surface area contributed by atoms with E-state index in [2.05, 4.69) is 34.1 Å². The Kier molecular flexibility index (Phi) is 8.79. The molecule has 3 aromatic carbocycles. The third-order valence-corrected chi connectivity index (χ3v) is 8.79. The van der Waals surface area contributed by atoms with Gasteiger partial charge in [-0.1, -0.05) is 54.1 Å². The van der Waals surface area contributed by atoms with Crippen molar-refractivity contribution in [3.63, 3.8) is 0 Å². The topological polar surface area (TPSA) is 135 Å². The molecule has 4 aromatic rings. The lowest BCUT2D eigenvalue weighted by Gasteiger charge is -2.32. The maximum absolute atomic E-state index is 13.3. The quantitative estimate of drug-likeness (QED) is 0.203. The summed E-state index contributed by atoms with van der Waals surface area (Å²) in [5.74, 6) is 0.114. The summed E-state index contributed by atoms with van der Waals surface area (Å²) in [7, 11) is -4.32. The molecule has 2 heterocycles. The first kappa shape index (κ1) is 29.2. The molecule has 1 fully saturated rings. The molecular formula is C30H28ClN5O5S. The number of carbonyl (C=O) groups is 1. The fraction of sp³-hybridized carbons (Fsp3) is 0.233. The summed E-state index contributed by atoms with van der Waals surface area (Å²) < 4.78 is 27.9. The standard InChI is InChI=1S/C30H28ClN5O5S/c31-24-8-4-7-23(18-24)19-28-27(29(37)34-42(40,41)26-11-9-25(10-12-26)36(38)39)20-32-30(33-28)35-15-13-22(14-16-35)17-21-5-2-1-3-6-21/h1-12,18,20,22H,13-17,19H2,(H,34,37). The van der Waals surface area contributed by atoms with E-state index in [1.165, 1.54) is 11.8 Å². The van der Waals surface area contributed by atoms with Gasteiger partial charge >= 0.3 is 0 Å². The van der Waals surface area contributed by atoms with E-state index >= 15 is 0 Å². The summed E-state index contributed by atoms with van der Waals surface area (Å²) in [5.41, 5.74) is 2.20. The van der Waals surface area contributed by atoms with Crippen LogP contribution < -0.4 is 9.62 Å². The van der Waals surface area contributed by atoms with Crippen molar-refractivity contribution in [2.75, 3.05) is 18.0 Å². The molecule has 1 amide bonds. The normalized spacial score (nSPS) is 14.0. The van der Waals surface area contributed by atoms with Gasteiger partial charge in [-0.2, -0.15) is 0 Å². The average Bonchev–Trinajstić information content (AvgIpc) is 2.98. The Hall–Kier alpha value is -4.35. The predicted octanol–water partition coefficient (Wildman–Crippen LogP) is 5.21. The number of nitrogens with one attached hydrogen (secondary N) is 1. The summed E-state index contributed by atoms with van der Waals surface area (Å²) in [6.07, 6.45) is 4.52. The fourth-order valence-electron chi connectivity index (χ4n) is 4.99. The van der Waals surface area contributed by atoms with Gasteiger partial charge in [0.25, 0.3) is 21.6 Å². The lowest BCUT2D eigenvalue weighted by molar-refractivity contribution is -0.384. The second-order valence-electron chi connectivity index (χ2n) is 10.1. The van der Waals surface area contributed by atoms with Crippen LogP contribution in [0.25, 0.3) is 0 Å². The summed E-state index contributed by atoms with van der Waals surface area (Å²) in [5, 5.41) is 11.4. The van der Waals surface area contributed by atoms with Gasteiger partial charge in [-0.3, -0.25) is 14.9 Å². The number of hydrogen-bond acceptors (Lipinski definition) is 8. The number of rotatable bonds is 9. The highest BCUT2D eigenvalue weighted by Crippen LogP contribution is 2.26. The maximum Gasteiger partial charge on any atom is 0.269 e. The number of anilines is 1. The van der Waals surface area contributed by atoms with E-state index in [-0.39, 0.29) is 22.6 Å². The molecule has 1 aromatic heterocycles.